The Labute approximate surface area is 221 Å². The molecule has 190 valence electrons. The molecule has 0 saturated carbocycles. The fourth-order valence-corrected chi connectivity index (χ4v) is 4.57. The summed E-state index contributed by atoms with van der Waals surface area (Å²) in [6.07, 6.45) is 3.18. The fraction of sp³-hybridized carbons (Fsp3) is 0.0357. The Morgan fingerprint density at radius 2 is 1.37 bits per heavy atom. The van der Waals surface area contributed by atoms with E-state index in [9.17, 15) is 24.3 Å². The Balaban J connectivity index is 1.50. The third-order valence-electron chi connectivity index (χ3n) is 5.40. The van der Waals surface area contributed by atoms with Gasteiger partial charge in [-0.15, -0.1) is 11.8 Å². The van der Waals surface area contributed by atoms with Crippen LogP contribution in [0, 0.1) is 0 Å². The molecule has 9 nitrogen and oxygen atoms in total. The number of nitrogens with one attached hydrogen (secondary N) is 2. The number of hydrogen-bond acceptors (Lipinski definition) is 6. The van der Waals surface area contributed by atoms with E-state index in [1.165, 1.54) is 23.9 Å². The zero-order chi connectivity index (χ0) is 27.1. The van der Waals surface area contributed by atoms with Crippen LogP contribution in [0.2, 0.25) is 0 Å². The number of aromatic carboxylic acids is 2. The van der Waals surface area contributed by atoms with Gasteiger partial charge in [-0.3, -0.25) is 14.6 Å². The van der Waals surface area contributed by atoms with Gasteiger partial charge in [-0.25, -0.2) is 9.59 Å². The lowest BCUT2D eigenvalue weighted by molar-refractivity contribution is -0.115. The maximum Gasteiger partial charge on any atom is 0.336 e. The van der Waals surface area contributed by atoms with Gasteiger partial charge in [0.15, 0.2) is 0 Å². The number of thioether (sulfide) groups is 1. The number of benzene rings is 3. The van der Waals surface area contributed by atoms with Gasteiger partial charge in [0.25, 0.3) is 5.91 Å². The van der Waals surface area contributed by atoms with Crippen LogP contribution in [-0.4, -0.2) is 39.0 Å². The van der Waals surface area contributed by atoms with Crippen LogP contribution in [0.1, 0.15) is 41.9 Å². The molecule has 0 aliphatic carbocycles. The van der Waals surface area contributed by atoms with Crippen molar-refractivity contribution in [2.45, 2.75) is 10.1 Å². The summed E-state index contributed by atoms with van der Waals surface area (Å²) >= 11 is 1.33. The monoisotopic (exact) mass is 527 g/mol. The number of aromatic nitrogens is 1. The van der Waals surface area contributed by atoms with Gasteiger partial charge in [-0.05, 0) is 60.2 Å². The normalized spacial score (nSPS) is 11.3. The average Bonchev–Trinajstić information content (AvgIpc) is 2.93. The van der Waals surface area contributed by atoms with E-state index < -0.39 is 28.7 Å². The van der Waals surface area contributed by atoms with Crippen LogP contribution >= 0.6 is 11.8 Å². The number of carboxylic acid groups (broad SMARTS) is 2. The molecule has 0 bridgehead atoms. The Bertz CT molecular complexity index is 1480. The molecule has 1 atom stereocenters. The summed E-state index contributed by atoms with van der Waals surface area (Å²) in [6.45, 7) is 0. The Kier molecular flexibility index (Phi) is 8.14. The van der Waals surface area contributed by atoms with E-state index >= 15 is 0 Å². The molecule has 0 fully saturated rings. The molecule has 4 aromatic rings. The highest BCUT2D eigenvalue weighted by Crippen LogP contribution is 2.36. The first-order valence-electron chi connectivity index (χ1n) is 11.3. The van der Waals surface area contributed by atoms with Gasteiger partial charge in [0.05, 0.1) is 16.7 Å². The second-order valence-corrected chi connectivity index (χ2v) is 9.16. The topological polar surface area (TPSA) is 146 Å². The number of carbonyl (C=O) groups excluding carboxylic acids is 2. The van der Waals surface area contributed by atoms with Crippen molar-refractivity contribution in [1.82, 2.24) is 4.98 Å². The molecule has 4 rings (SSSR count). The molecule has 10 heteroatoms. The number of anilines is 2. The summed E-state index contributed by atoms with van der Waals surface area (Å²) < 4.78 is 0. The van der Waals surface area contributed by atoms with Gasteiger partial charge >= 0.3 is 11.9 Å². The average molecular weight is 528 g/mol. The molecule has 4 N–H and O–H groups in total. The first-order chi connectivity index (χ1) is 18.3. The number of nitrogens with zero attached hydrogens (tertiary/aromatic N) is 1. The van der Waals surface area contributed by atoms with Crippen molar-refractivity contribution in [2.75, 3.05) is 10.6 Å². The zero-order valence-corrected chi connectivity index (χ0v) is 20.5. The van der Waals surface area contributed by atoms with Crippen LogP contribution in [0.3, 0.4) is 0 Å². The number of hydrogen-bond donors (Lipinski definition) is 4. The molecule has 0 saturated heterocycles. The molecule has 0 radical (unpaired) electrons. The second kappa shape index (κ2) is 11.8. The highest BCUT2D eigenvalue weighted by atomic mass is 32.2. The fourth-order valence-electron chi connectivity index (χ4n) is 3.55. The number of amides is 2. The van der Waals surface area contributed by atoms with Gasteiger partial charge in [0, 0.05) is 28.7 Å². The highest BCUT2D eigenvalue weighted by Gasteiger charge is 2.23. The SMILES string of the molecule is O=C(O)c1ccc(C(=O)Nc2ccc(SC(C(=O)Nc3ccncc3)c3ccccc3)cc2)c(C(=O)O)c1. The maximum absolute atomic E-state index is 13.1. The summed E-state index contributed by atoms with van der Waals surface area (Å²) in [7, 11) is 0. The molecule has 2 amide bonds. The highest BCUT2D eigenvalue weighted by molar-refractivity contribution is 8.00. The standard InChI is InChI=1S/C28H21N3O6S/c32-25(22-11-6-18(27(34)35)16-23(22)28(36)37)30-19-7-9-21(10-8-19)38-24(17-4-2-1-3-5-17)26(33)31-20-12-14-29-15-13-20/h1-16,24H,(H,30,32)(H,34,35)(H,36,37)(H,29,31,33). The van der Waals surface area contributed by atoms with Crippen LogP contribution in [0.15, 0.2) is 102 Å². The quantitative estimate of drug-likeness (QED) is 0.217. The molecule has 0 aliphatic heterocycles. The van der Waals surface area contributed by atoms with Crippen molar-refractivity contribution in [3.05, 3.63) is 120 Å². The summed E-state index contributed by atoms with van der Waals surface area (Å²) in [4.78, 5) is 53.3. The predicted octanol–water partition coefficient (Wildman–Crippen LogP) is 5.20. The zero-order valence-electron chi connectivity index (χ0n) is 19.7. The van der Waals surface area contributed by atoms with Crippen molar-refractivity contribution in [1.29, 1.82) is 0 Å². The van der Waals surface area contributed by atoms with E-state index in [1.807, 2.05) is 30.3 Å². The van der Waals surface area contributed by atoms with E-state index in [1.54, 1.807) is 48.8 Å². The van der Waals surface area contributed by atoms with Crippen molar-refractivity contribution < 1.29 is 29.4 Å². The predicted molar refractivity (Wildman–Crippen MR) is 143 cm³/mol. The summed E-state index contributed by atoms with van der Waals surface area (Å²) in [6, 6.07) is 22.7. The first kappa shape index (κ1) is 26.1. The van der Waals surface area contributed by atoms with E-state index in [-0.39, 0.29) is 17.0 Å². The van der Waals surface area contributed by atoms with Crippen LogP contribution in [-0.2, 0) is 4.79 Å². The third-order valence-corrected chi connectivity index (χ3v) is 6.66. The number of pyridine rings is 1. The summed E-state index contributed by atoms with van der Waals surface area (Å²) in [5.41, 5.74) is 1.02. The van der Waals surface area contributed by atoms with Crippen molar-refractivity contribution >= 4 is 46.9 Å². The Morgan fingerprint density at radius 3 is 2.00 bits per heavy atom. The molecule has 1 heterocycles. The van der Waals surface area contributed by atoms with Crippen LogP contribution in [0.5, 0.6) is 0 Å². The Hall–Kier alpha value is -4.96. The van der Waals surface area contributed by atoms with E-state index in [4.69, 9.17) is 5.11 Å². The lowest BCUT2D eigenvalue weighted by Gasteiger charge is -2.17. The van der Waals surface area contributed by atoms with E-state index in [0.29, 0.717) is 11.4 Å². The largest absolute Gasteiger partial charge is 0.478 e. The number of carbonyl (C=O) groups is 4. The van der Waals surface area contributed by atoms with Gasteiger partial charge in [-0.1, -0.05) is 30.3 Å². The lowest BCUT2D eigenvalue weighted by Crippen LogP contribution is -2.19. The molecule has 1 unspecified atom stereocenters. The van der Waals surface area contributed by atoms with Crippen molar-refractivity contribution in [3.8, 4) is 0 Å². The minimum atomic E-state index is -1.41. The molecule has 38 heavy (non-hydrogen) atoms. The van der Waals surface area contributed by atoms with Gasteiger partial charge in [-0.2, -0.15) is 0 Å². The third kappa shape index (κ3) is 6.42. The lowest BCUT2D eigenvalue weighted by atomic mass is 10.0. The maximum atomic E-state index is 13.1. The smallest absolute Gasteiger partial charge is 0.336 e. The molecule has 0 aliphatic rings. The summed E-state index contributed by atoms with van der Waals surface area (Å²) in [5, 5.41) is 23.5. The number of rotatable bonds is 9. The van der Waals surface area contributed by atoms with Gasteiger partial charge < -0.3 is 20.8 Å². The molecule has 0 spiro atoms. The molecule has 1 aromatic heterocycles. The van der Waals surface area contributed by atoms with Crippen molar-refractivity contribution in [2.24, 2.45) is 0 Å². The minimum Gasteiger partial charge on any atom is -0.478 e. The second-order valence-electron chi connectivity index (χ2n) is 7.98. The van der Waals surface area contributed by atoms with Crippen molar-refractivity contribution in [3.63, 3.8) is 0 Å². The van der Waals surface area contributed by atoms with E-state index in [2.05, 4.69) is 15.6 Å². The molecular weight excluding hydrogens is 506 g/mol. The first-order valence-corrected chi connectivity index (χ1v) is 12.1. The molecular formula is C28H21N3O6S. The Morgan fingerprint density at radius 1 is 0.711 bits per heavy atom. The van der Waals surface area contributed by atoms with Gasteiger partial charge in [0.2, 0.25) is 5.91 Å². The molecule has 3 aromatic carbocycles. The van der Waals surface area contributed by atoms with Crippen LogP contribution < -0.4 is 10.6 Å². The number of carboxylic acids is 2. The van der Waals surface area contributed by atoms with E-state index in [0.717, 1.165) is 16.5 Å². The van der Waals surface area contributed by atoms with Crippen LogP contribution in [0.4, 0.5) is 11.4 Å². The minimum absolute atomic E-state index is 0.169. The van der Waals surface area contributed by atoms with Gasteiger partial charge in [0.1, 0.15) is 5.25 Å². The van der Waals surface area contributed by atoms with Crippen LogP contribution in [0.25, 0.3) is 0 Å². The summed E-state index contributed by atoms with van der Waals surface area (Å²) in [5.74, 6) is -3.62.